The van der Waals surface area contributed by atoms with E-state index in [-0.39, 0.29) is 23.8 Å². The molecule has 0 amide bonds. The number of ether oxygens (including phenoxy) is 2. The second-order valence-corrected chi connectivity index (χ2v) is 7.67. The molecule has 9 heteroatoms. The highest BCUT2D eigenvalue weighted by molar-refractivity contribution is 6.06. The van der Waals surface area contributed by atoms with E-state index < -0.39 is 17.5 Å². The summed E-state index contributed by atoms with van der Waals surface area (Å²) in [6.45, 7) is 6.66. The van der Waals surface area contributed by atoms with Crippen molar-refractivity contribution in [2.45, 2.75) is 39.8 Å². The number of methoxy groups -OCH3 is 1. The normalized spacial score (nSPS) is 11.4. The monoisotopic (exact) mass is 410 g/mol. The minimum atomic E-state index is -0.626. The van der Waals surface area contributed by atoms with Crippen molar-refractivity contribution >= 4 is 28.6 Å². The molecule has 3 rings (SSSR count). The molecule has 9 nitrogen and oxygen atoms in total. The summed E-state index contributed by atoms with van der Waals surface area (Å²) in [6, 6.07) is 5.35. The van der Waals surface area contributed by atoms with Gasteiger partial charge in [-0.3, -0.25) is 14.3 Å². The molecule has 2 aromatic heterocycles. The molecule has 0 atom stereocenters. The van der Waals surface area contributed by atoms with Gasteiger partial charge in [0.2, 0.25) is 5.82 Å². The number of Topliss-reactive ketones (excluding diaryl/α,β-unsaturated/α-hetero) is 1. The molecule has 30 heavy (non-hydrogen) atoms. The standard InChI is InChI=1S/C21H22N4O5/c1-12(26)18-15-8-13(14-9-22-19(23-10-14)20(28)29-5)6-7-16(15)25(24-18)11-17(27)30-21(2,3)4/h6-10H,11H2,1-5H3. The Hall–Kier alpha value is -3.62. The van der Waals surface area contributed by atoms with Crippen LogP contribution in [0.3, 0.4) is 0 Å². The Balaban J connectivity index is 1.99. The van der Waals surface area contributed by atoms with E-state index in [9.17, 15) is 14.4 Å². The Morgan fingerprint density at radius 2 is 1.73 bits per heavy atom. The van der Waals surface area contributed by atoms with Gasteiger partial charge in [0.1, 0.15) is 17.8 Å². The number of hydrogen-bond acceptors (Lipinski definition) is 8. The molecule has 0 saturated carbocycles. The van der Waals surface area contributed by atoms with Gasteiger partial charge in [-0.15, -0.1) is 0 Å². The third kappa shape index (κ3) is 4.51. The van der Waals surface area contributed by atoms with Crippen LogP contribution in [-0.4, -0.2) is 50.2 Å². The van der Waals surface area contributed by atoms with Gasteiger partial charge in [0.25, 0.3) is 0 Å². The van der Waals surface area contributed by atoms with Gasteiger partial charge < -0.3 is 9.47 Å². The first-order chi connectivity index (χ1) is 14.1. The number of hydrogen-bond donors (Lipinski definition) is 0. The fourth-order valence-electron chi connectivity index (χ4n) is 2.91. The number of esters is 2. The highest BCUT2D eigenvalue weighted by Gasteiger charge is 2.21. The minimum absolute atomic E-state index is 0.0445. The Labute approximate surface area is 173 Å². The number of carbonyl (C=O) groups excluding carboxylic acids is 3. The van der Waals surface area contributed by atoms with Gasteiger partial charge in [-0.1, -0.05) is 6.07 Å². The summed E-state index contributed by atoms with van der Waals surface area (Å²) in [5, 5.41) is 4.91. The van der Waals surface area contributed by atoms with Gasteiger partial charge in [-0.05, 0) is 38.5 Å². The zero-order valence-electron chi connectivity index (χ0n) is 17.4. The Morgan fingerprint density at radius 1 is 1.07 bits per heavy atom. The predicted octanol–water partition coefficient (Wildman–Crippen LogP) is 2.82. The summed E-state index contributed by atoms with van der Waals surface area (Å²) in [5.41, 5.74) is 1.65. The molecule has 0 fully saturated rings. The molecule has 0 aliphatic carbocycles. The SMILES string of the molecule is COC(=O)c1ncc(-c2ccc3c(c2)c(C(C)=O)nn3CC(=O)OC(C)(C)C)cn1. The van der Waals surface area contributed by atoms with Crippen LogP contribution >= 0.6 is 0 Å². The van der Waals surface area contributed by atoms with Crippen LogP contribution in [0.5, 0.6) is 0 Å². The van der Waals surface area contributed by atoms with E-state index in [0.29, 0.717) is 16.5 Å². The second-order valence-electron chi connectivity index (χ2n) is 7.67. The van der Waals surface area contributed by atoms with Crippen molar-refractivity contribution in [3.8, 4) is 11.1 Å². The molecule has 0 bridgehead atoms. The van der Waals surface area contributed by atoms with Crippen molar-refractivity contribution in [1.82, 2.24) is 19.7 Å². The number of benzene rings is 1. The maximum absolute atomic E-state index is 12.2. The van der Waals surface area contributed by atoms with E-state index in [1.165, 1.54) is 31.1 Å². The lowest BCUT2D eigenvalue weighted by molar-refractivity contribution is -0.155. The second kappa shape index (κ2) is 8.02. The molecular formula is C21H22N4O5. The predicted molar refractivity (Wildman–Crippen MR) is 108 cm³/mol. The van der Waals surface area contributed by atoms with Crippen LogP contribution in [0.1, 0.15) is 48.8 Å². The lowest BCUT2D eigenvalue weighted by Gasteiger charge is -2.19. The molecule has 1 aromatic carbocycles. The maximum Gasteiger partial charge on any atom is 0.376 e. The largest absolute Gasteiger partial charge is 0.463 e. The van der Waals surface area contributed by atoms with Crippen molar-refractivity contribution in [2.24, 2.45) is 0 Å². The van der Waals surface area contributed by atoms with E-state index in [4.69, 9.17) is 4.74 Å². The molecule has 0 radical (unpaired) electrons. The first-order valence-electron chi connectivity index (χ1n) is 9.23. The first-order valence-corrected chi connectivity index (χ1v) is 9.23. The molecular weight excluding hydrogens is 388 g/mol. The van der Waals surface area contributed by atoms with E-state index in [1.807, 2.05) is 0 Å². The lowest BCUT2D eigenvalue weighted by Crippen LogP contribution is -2.26. The van der Waals surface area contributed by atoms with Crippen LogP contribution < -0.4 is 0 Å². The Kier molecular flexibility index (Phi) is 5.64. The van der Waals surface area contributed by atoms with E-state index in [0.717, 1.165) is 5.56 Å². The first kappa shape index (κ1) is 21.1. The number of fused-ring (bicyclic) bond motifs is 1. The average molecular weight is 410 g/mol. The number of carbonyl (C=O) groups is 3. The lowest BCUT2D eigenvalue weighted by atomic mass is 10.0. The topological polar surface area (TPSA) is 113 Å². The number of rotatable bonds is 5. The van der Waals surface area contributed by atoms with Gasteiger partial charge >= 0.3 is 11.9 Å². The molecule has 0 N–H and O–H groups in total. The molecule has 0 saturated heterocycles. The molecule has 0 aliphatic heterocycles. The van der Waals surface area contributed by atoms with Gasteiger partial charge in [0.15, 0.2) is 5.78 Å². The van der Waals surface area contributed by atoms with E-state index >= 15 is 0 Å². The van der Waals surface area contributed by atoms with Gasteiger partial charge in [0, 0.05) is 30.3 Å². The van der Waals surface area contributed by atoms with Crippen LogP contribution in [0, 0.1) is 0 Å². The third-order valence-corrected chi connectivity index (χ3v) is 4.14. The summed E-state index contributed by atoms with van der Waals surface area (Å²) < 4.78 is 11.4. The molecule has 0 aliphatic rings. The van der Waals surface area contributed by atoms with Gasteiger partial charge in [-0.2, -0.15) is 5.10 Å². The fraction of sp³-hybridized carbons (Fsp3) is 0.333. The summed E-state index contributed by atoms with van der Waals surface area (Å²) in [4.78, 5) is 43.9. The maximum atomic E-state index is 12.2. The molecule has 3 aromatic rings. The minimum Gasteiger partial charge on any atom is -0.463 e. The van der Waals surface area contributed by atoms with E-state index in [1.54, 1.807) is 39.0 Å². The molecule has 2 heterocycles. The molecule has 0 spiro atoms. The summed E-state index contributed by atoms with van der Waals surface area (Å²) in [5.74, 6) is -1.34. The fourth-order valence-corrected chi connectivity index (χ4v) is 2.91. The van der Waals surface area contributed by atoms with Crippen LogP contribution in [0.2, 0.25) is 0 Å². The third-order valence-electron chi connectivity index (χ3n) is 4.14. The Bertz CT molecular complexity index is 1130. The molecule has 156 valence electrons. The van der Waals surface area contributed by atoms with Crippen molar-refractivity contribution < 1.29 is 23.9 Å². The van der Waals surface area contributed by atoms with Crippen LogP contribution in [0.4, 0.5) is 0 Å². The number of nitrogens with zero attached hydrogens (tertiary/aromatic N) is 4. The smallest absolute Gasteiger partial charge is 0.376 e. The van der Waals surface area contributed by atoms with Crippen molar-refractivity contribution in [2.75, 3.05) is 7.11 Å². The summed E-state index contributed by atoms with van der Waals surface area (Å²) >= 11 is 0. The summed E-state index contributed by atoms with van der Waals surface area (Å²) in [7, 11) is 1.26. The average Bonchev–Trinajstić information content (AvgIpc) is 3.04. The zero-order chi connectivity index (χ0) is 22.1. The van der Waals surface area contributed by atoms with E-state index in [2.05, 4.69) is 19.8 Å². The van der Waals surface area contributed by atoms with Crippen LogP contribution in [-0.2, 0) is 20.8 Å². The van der Waals surface area contributed by atoms with Crippen LogP contribution in [0.25, 0.3) is 22.0 Å². The van der Waals surface area contributed by atoms with Crippen molar-refractivity contribution in [1.29, 1.82) is 0 Å². The van der Waals surface area contributed by atoms with Gasteiger partial charge in [0.05, 0.1) is 12.6 Å². The Morgan fingerprint density at radius 3 is 2.30 bits per heavy atom. The van der Waals surface area contributed by atoms with Gasteiger partial charge in [-0.25, -0.2) is 14.8 Å². The molecule has 0 unspecified atom stereocenters. The number of ketones is 1. The quantitative estimate of drug-likeness (QED) is 0.466. The summed E-state index contributed by atoms with van der Waals surface area (Å²) in [6.07, 6.45) is 3.00. The number of aromatic nitrogens is 4. The highest BCUT2D eigenvalue weighted by atomic mass is 16.6. The van der Waals surface area contributed by atoms with Crippen molar-refractivity contribution in [3.05, 3.63) is 42.1 Å². The van der Waals surface area contributed by atoms with Crippen molar-refractivity contribution in [3.63, 3.8) is 0 Å². The highest BCUT2D eigenvalue weighted by Crippen LogP contribution is 2.27. The zero-order valence-corrected chi connectivity index (χ0v) is 17.4. The van der Waals surface area contributed by atoms with Crippen LogP contribution in [0.15, 0.2) is 30.6 Å².